The molecule has 154 valence electrons. The fourth-order valence-corrected chi connectivity index (χ4v) is 3.52. The van der Waals surface area contributed by atoms with Gasteiger partial charge in [0.05, 0.1) is 23.0 Å². The summed E-state index contributed by atoms with van der Waals surface area (Å²) in [6.07, 6.45) is 6.30. The Kier molecular flexibility index (Phi) is 5.89. The first kappa shape index (κ1) is 20.1. The summed E-state index contributed by atoms with van der Waals surface area (Å²) in [4.78, 5) is 26.5. The fourth-order valence-electron chi connectivity index (χ4n) is 3.52. The number of nitrogens with one attached hydrogen (secondary N) is 1. The number of carbonyl (C=O) groups is 2. The predicted molar refractivity (Wildman–Crippen MR) is 122 cm³/mol. The highest BCUT2D eigenvalue weighted by Gasteiger charge is 2.08. The summed E-state index contributed by atoms with van der Waals surface area (Å²) in [6.45, 7) is 0.746. The van der Waals surface area contributed by atoms with Crippen molar-refractivity contribution in [2.75, 3.05) is 5.32 Å². The van der Waals surface area contributed by atoms with E-state index >= 15 is 0 Å². The van der Waals surface area contributed by atoms with E-state index in [9.17, 15) is 14.7 Å². The van der Waals surface area contributed by atoms with E-state index in [2.05, 4.69) is 10.3 Å². The first-order chi connectivity index (χ1) is 15.1. The Morgan fingerprint density at radius 3 is 2.61 bits per heavy atom. The van der Waals surface area contributed by atoms with E-state index < -0.39 is 6.09 Å². The van der Waals surface area contributed by atoms with Crippen molar-refractivity contribution in [2.24, 2.45) is 0 Å². The molecule has 1 amide bonds. The first-order valence-corrected chi connectivity index (χ1v) is 9.90. The lowest BCUT2D eigenvalue weighted by atomic mass is 10.0. The Morgan fingerprint density at radius 1 is 1.03 bits per heavy atom. The minimum atomic E-state index is -1.09. The zero-order valence-corrected chi connectivity index (χ0v) is 16.7. The minimum absolute atomic E-state index is 0.549. The largest absolute Gasteiger partial charge is 0.465 e. The lowest BCUT2D eigenvalue weighted by molar-refractivity contribution is 0.112. The number of hydrogen-bond acceptors (Lipinski definition) is 3. The first-order valence-electron chi connectivity index (χ1n) is 9.90. The highest BCUT2D eigenvalue weighted by Crippen LogP contribution is 2.29. The predicted octanol–water partition coefficient (Wildman–Crippen LogP) is 5.71. The Morgan fingerprint density at radius 2 is 1.84 bits per heavy atom. The van der Waals surface area contributed by atoms with Gasteiger partial charge in [-0.2, -0.15) is 0 Å². The Hall–Kier alpha value is -4.19. The van der Waals surface area contributed by atoms with Gasteiger partial charge in [0.15, 0.2) is 0 Å². The molecule has 4 aromatic rings. The zero-order valence-electron chi connectivity index (χ0n) is 16.7. The van der Waals surface area contributed by atoms with Crippen LogP contribution in [-0.2, 0) is 6.54 Å². The van der Waals surface area contributed by atoms with Crippen LogP contribution in [0.5, 0.6) is 0 Å². The van der Waals surface area contributed by atoms with Gasteiger partial charge in [-0.3, -0.25) is 10.1 Å². The topological polar surface area (TPSA) is 84.2 Å². The second-order valence-electron chi connectivity index (χ2n) is 7.10. The van der Waals surface area contributed by atoms with Crippen LogP contribution in [0.4, 0.5) is 10.5 Å². The molecule has 0 atom stereocenters. The summed E-state index contributed by atoms with van der Waals surface area (Å²) in [7, 11) is 0. The maximum atomic E-state index is 11.2. The fraction of sp³-hybridized carbons (Fsp3) is 0.0800. The van der Waals surface area contributed by atoms with E-state index in [-0.39, 0.29) is 0 Å². The zero-order chi connectivity index (χ0) is 21.6. The molecule has 0 radical (unpaired) electrons. The Labute approximate surface area is 179 Å². The highest BCUT2D eigenvalue weighted by atomic mass is 16.4. The molecule has 0 spiro atoms. The smallest absolute Gasteiger partial charge is 0.409 e. The highest BCUT2D eigenvalue weighted by molar-refractivity contribution is 5.91. The average Bonchev–Trinajstić information content (AvgIpc) is 3.19. The molecule has 6 heteroatoms. The molecule has 31 heavy (non-hydrogen) atoms. The maximum absolute atomic E-state index is 11.2. The van der Waals surface area contributed by atoms with Gasteiger partial charge in [-0.25, -0.2) is 9.78 Å². The van der Waals surface area contributed by atoms with Crippen LogP contribution in [0.3, 0.4) is 0 Å². The van der Waals surface area contributed by atoms with Crippen molar-refractivity contribution >= 4 is 35.2 Å². The molecule has 0 saturated carbocycles. The summed E-state index contributed by atoms with van der Waals surface area (Å²) in [5.41, 5.74) is 5.64. The van der Waals surface area contributed by atoms with Crippen molar-refractivity contribution in [1.82, 2.24) is 9.55 Å². The van der Waals surface area contributed by atoms with Gasteiger partial charge >= 0.3 is 6.09 Å². The number of hydrogen-bond donors (Lipinski definition) is 2. The van der Waals surface area contributed by atoms with E-state index in [1.165, 1.54) is 0 Å². The van der Waals surface area contributed by atoms with Crippen LogP contribution in [-0.4, -0.2) is 27.0 Å². The number of carboxylic acid groups (broad SMARTS) is 1. The molecule has 2 N–H and O–H groups in total. The lowest BCUT2D eigenvalue weighted by Crippen LogP contribution is -2.08. The van der Waals surface area contributed by atoms with E-state index in [0.717, 1.165) is 47.0 Å². The summed E-state index contributed by atoms with van der Waals surface area (Å²) < 4.78 is 2.05. The molecule has 0 aliphatic heterocycles. The number of rotatable bonds is 7. The molecule has 0 aliphatic carbocycles. The third kappa shape index (κ3) is 4.70. The second kappa shape index (κ2) is 9.09. The average molecular weight is 411 g/mol. The summed E-state index contributed by atoms with van der Waals surface area (Å²) in [6, 6.07) is 20.9. The van der Waals surface area contributed by atoms with Crippen molar-refractivity contribution in [2.45, 2.75) is 13.0 Å². The number of imidazole rings is 1. The van der Waals surface area contributed by atoms with E-state index in [1.54, 1.807) is 18.5 Å². The number of aryl methyl sites for hydroxylation is 1. The van der Waals surface area contributed by atoms with Gasteiger partial charge in [-0.05, 0) is 41.8 Å². The molecule has 0 saturated heterocycles. The number of fused-ring (bicyclic) bond motifs is 1. The third-order valence-corrected chi connectivity index (χ3v) is 5.00. The van der Waals surface area contributed by atoms with Gasteiger partial charge < -0.3 is 9.67 Å². The van der Waals surface area contributed by atoms with Crippen LogP contribution in [0.1, 0.15) is 22.3 Å². The Balaban J connectivity index is 1.49. The van der Waals surface area contributed by atoms with Crippen molar-refractivity contribution in [3.63, 3.8) is 0 Å². The molecule has 3 aromatic carbocycles. The quantitative estimate of drug-likeness (QED) is 0.382. The minimum Gasteiger partial charge on any atom is -0.465 e. The number of anilines is 1. The van der Waals surface area contributed by atoms with E-state index in [1.807, 2.05) is 71.3 Å². The number of benzene rings is 3. The van der Waals surface area contributed by atoms with Crippen LogP contribution in [0, 0.1) is 0 Å². The molecular formula is C25H21N3O3. The van der Waals surface area contributed by atoms with Gasteiger partial charge in [-0.1, -0.05) is 54.6 Å². The van der Waals surface area contributed by atoms with Gasteiger partial charge in [0.2, 0.25) is 0 Å². The van der Waals surface area contributed by atoms with E-state index in [0.29, 0.717) is 11.3 Å². The van der Waals surface area contributed by atoms with Crippen LogP contribution in [0.25, 0.3) is 28.2 Å². The monoisotopic (exact) mass is 411 g/mol. The van der Waals surface area contributed by atoms with Gasteiger partial charge in [0.25, 0.3) is 0 Å². The maximum Gasteiger partial charge on any atom is 0.409 e. The molecule has 0 aliphatic rings. The van der Waals surface area contributed by atoms with Crippen molar-refractivity contribution in [3.05, 3.63) is 90.3 Å². The Bertz CT molecular complexity index is 1260. The summed E-state index contributed by atoms with van der Waals surface area (Å²) >= 11 is 0. The number of nitrogens with zero attached hydrogens (tertiary/aromatic N) is 2. The summed E-state index contributed by atoms with van der Waals surface area (Å²) in [5.74, 6) is 0. The molecular weight excluding hydrogens is 390 g/mol. The SMILES string of the molecule is O=Cc1ccc2c(c1)ncn2CC/C=C\c1ccc(-c2ccccc2)c(NC(=O)O)c1. The molecule has 1 heterocycles. The molecule has 6 nitrogen and oxygen atoms in total. The number of allylic oxidation sites excluding steroid dienone is 1. The van der Waals surface area contributed by atoms with Gasteiger partial charge in [0, 0.05) is 17.7 Å². The number of amides is 1. The molecule has 0 unspecified atom stereocenters. The molecule has 0 bridgehead atoms. The van der Waals surface area contributed by atoms with Crippen LogP contribution in [0.2, 0.25) is 0 Å². The second-order valence-corrected chi connectivity index (χ2v) is 7.10. The number of aldehydes is 1. The van der Waals surface area contributed by atoms with Crippen LogP contribution in [0.15, 0.2) is 79.1 Å². The van der Waals surface area contributed by atoms with Crippen molar-refractivity contribution in [1.29, 1.82) is 0 Å². The molecule has 4 rings (SSSR count). The van der Waals surface area contributed by atoms with Crippen LogP contribution < -0.4 is 5.32 Å². The van der Waals surface area contributed by atoms with Crippen molar-refractivity contribution in [3.8, 4) is 11.1 Å². The third-order valence-electron chi connectivity index (χ3n) is 5.00. The summed E-state index contributed by atoms with van der Waals surface area (Å²) in [5, 5.41) is 11.7. The van der Waals surface area contributed by atoms with Crippen LogP contribution >= 0.6 is 0 Å². The van der Waals surface area contributed by atoms with Crippen molar-refractivity contribution < 1.29 is 14.7 Å². The number of aromatic nitrogens is 2. The van der Waals surface area contributed by atoms with Gasteiger partial charge in [-0.15, -0.1) is 0 Å². The standard InChI is InChI=1S/C25H21N3O3/c29-16-19-10-12-24-23(15-19)26-17-28(24)13-5-4-6-18-9-11-21(20-7-2-1-3-8-20)22(14-18)27-25(30)31/h1-4,6-12,14-17,27H,5,13H2,(H,30,31)/b6-4-. The van der Waals surface area contributed by atoms with Gasteiger partial charge in [0.1, 0.15) is 6.29 Å². The molecule has 0 fully saturated rings. The number of carbonyl (C=O) groups excluding carboxylic acids is 1. The van der Waals surface area contributed by atoms with E-state index in [4.69, 9.17) is 0 Å². The molecule has 1 aromatic heterocycles. The lowest BCUT2D eigenvalue weighted by Gasteiger charge is -2.10. The normalized spacial score (nSPS) is 11.1.